The van der Waals surface area contributed by atoms with Gasteiger partial charge in [0.1, 0.15) is 18.7 Å². The molecule has 0 saturated carbocycles. The molecule has 3 rings (SSSR count). The van der Waals surface area contributed by atoms with Gasteiger partial charge in [0.2, 0.25) is 11.4 Å². The van der Waals surface area contributed by atoms with Gasteiger partial charge in [0.05, 0.1) is 13.0 Å². The molecule has 1 unspecified atom stereocenters. The maximum atomic E-state index is 13.0. The number of amides is 1. The normalized spacial score (nSPS) is 25.7. The average Bonchev–Trinajstić information content (AvgIpc) is 2.89. The monoisotopic (exact) mass is 357 g/mol. The van der Waals surface area contributed by atoms with Crippen LogP contribution in [0.4, 0.5) is 0 Å². The molecule has 136 valence electrons. The first-order valence-corrected chi connectivity index (χ1v) is 8.25. The van der Waals surface area contributed by atoms with E-state index in [2.05, 4.69) is 0 Å². The molecule has 1 aromatic rings. The number of carbonyl (C=O) groups excluding carboxylic acids is 3. The third-order valence-corrected chi connectivity index (χ3v) is 4.44. The van der Waals surface area contributed by atoms with Crippen LogP contribution in [0.2, 0.25) is 0 Å². The lowest BCUT2D eigenvalue weighted by atomic mass is 9.88. The third kappa shape index (κ3) is 3.01. The predicted molar refractivity (Wildman–Crippen MR) is 90.3 cm³/mol. The van der Waals surface area contributed by atoms with Crippen LogP contribution < -0.4 is 0 Å². The van der Waals surface area contributed by atoms with E-state index in [4.69, 9.17) is 14.6 Å². The molecule has 1 aromatic carbocycles. The number of aliphatic hydroxyl groups excluding tert-OH is 1. The lowest BCUT2D eigenvalue weighted by Crippen LogP contribution is -2.62. The molecule has 2 fully saturated rings. The molecule has 0 spiro atoms. The molecule has 7 nitrogen and oxygen atoms in total. The van der Waals surface area contributed by atoms with Crippen molar-refractivity contribution in [2.75, 3.05) is 6.61 Å². The van der Waals surface area contributed by atoms with E-state index in [1.807, 2.05) is 30.3 Å². The minimum absolute atomic E-state index is 0.0339. The topological polar surface area (TPSA) is 93.1 Å². The molecule has 1 N–H and O–H groups in total. The SMILES string of the molecule is O=C/C=C1\O[C@@H]2CC(=O)N2C1(C/C=C\CO)C(=O)OCc1ccccc1. The van der Waals surface area contributed by atoms with Crippen LogP contribution in [0.3, 0.4) is 0 Å². The lowest BCUT2D eigenvalue weighted by molar-refractivity contribution is -0.174. The number of esters is 1. The minimum atomic E-state index is -1.53. The standard InChI is InChI=1S/C19H19NO6/c21-10-5-4-9-19(18(24)25-13-14-6-2-1-3-7-14)15(8-11-22)26-17-12-16(23)20(17)19/h1-8,11,17,21H,9-10,12-13H2/b5-4-,15-8-/t17-,19?/m1/s1. The number of ether oxygens (including phenoxy) is 2. The molecular formula is C19H19NO6. The second kappa shape index (κ2) is 7.53. The number of allylic oxidation sites excluding steroid dienone is 1. The number of fused-ring (bicyclic) bond motifs is 1. The highest BCUT2D eigenvalue weighted by Gasteiger charge is 2.64. The summed E-state index contributed by atoms with van der Waals surface area (Å²) in [7, 11) is 0. The minimum Gasteiger partial charge on any atom is -0.471 e. The van der Waals surface area contributed by atoms with Gasteiger partial charge < -0.3 is 14.6 Å². The van der Waals surface area contributed by atoms with Gasteiger partial charge in [0.15, 0.2) is 6.23 Å². The molecule has 0 radical (unpaired) electrons. The first-order valence-electron chi connectivity index (χ1n) is 8.25. The summed E-state index contributed by atoms with van der Waals surface area (Å²) in [6, 6.07) is 9.14. The number of nitrogens with zero attached hydrogens (tertiary/aromatic N) is 1. The number of aldehydes is 1. The Bertz CT molecular complexity index is 757. The molecule has 2 aliphatic heterocycles. The summed E-state index contributed by atoms with van der Waals surface area (Å²) in [6.45, 7) is -0.174. The van der Waals surface area contributed by atoms with Gasteiger partial charge in [-0.3, -0.25) is 14.5 Å². The molecule has 0 bridgehead atoms. The summed E-state index contributed by atoms with van der Waals surface area (Å²) in [5.74, 6) is -0.838. The second-order valence-electron chi connectivity index (χ2n) is 5.99. The Morgan fingerprint density at radius 1 is 1.35 bits per heavy atom. The Hall–Kier alpha value is -2.93. The average molecular weight is 357 g/mol. The molecule has 0 aliphatic carbocycles. The van der Waals surface area contributed by atoms with Crippen molar-refractivity contribution in [2.24, 2.45) is 0 Å². The summed E-state index contributed by atoms with van der Waals surface area (Å²) in [5, 5.41) is 8.98. The Morgan fingerprint density at radius 2 is 2.12 bits per heavy atom. The van der Waals surface area contributed by atoms with E-state index in [1.165, 1.54) is 11.0 Å². The number of benzene rings is 1. The third-order valence-electron chi connectivity index (χ3n) is 4.44. The quantitative estimate of drug-likeness (QED) is 0.258. The summed E-state index contributed by atoms with van der Waals surface area (Å²) in [5.41, 5.74) is -0.727. The van der Waals surface area contributed by atoms with Crippen LogP contribution in [-0.4, -0.2) is 46.5 Å². The number of carbonyl (C=O) groups is 3. The molecule has 7 heteroatoms. The van der Waals surface area contributed by atoms with Crippen molar-refractivity contribution >= 4 is 18.2 Å². The van der Waals surface area contributed by atoms with Crippen molar-refractivity contribution in [1.29, 1.82) is 0 Å². The highest BCUT2D eigenvalue weighted by molar-refractivity contribution is 5.96. The molecular weight excluding hydrogens is 338 g/mol. The summed E-state index contributed by atoms with van der Waals surface area (Å²) in [4.78, 5) is 37.5. The number of β-lactam (4-membered cyclic amide) rings is 1. The van der Waals surface area contributed by atoms with Crippen LogP contribution in [-0.2, 0) is 30.5 Å². The molecule has 2 atom stereocenters. The second-order valence-corrected chi connectivity index (χ2v) is 5.99. The summed E-state index contributed by atoms with van der Waals surface area (Å²) in [6.07, 6.45) is 4.29. The van der Waals surface area contributed by atoms with Crippen molar-refractivity contribution in [1.82, 2.24) is 4.90 Å². The Kier molecular flexibility index (Phi) is 5.18. The number of rotatable bonds is 7. The first-order chi connectivity index (χ1) is 12.6. The smallest absolute Gasteiger partial charge is 0.340 e. The Balaban J connectivity index is 1.90. The van der Waals surface area contributed by atoms with Crippen LogP contribution in [0.5, 0.6) is 0 Å². The van der Waals surface area contributed by atoms with Gasteiger partial charge in [-0.1, -0.05) is 42.5 Å². The molecule has 1 amide bonds. The van der Waals surface area contributed by atoms with Gasteiger partial charge in [0.25, 0.3) is 0 Å². The van der Waals surface area contributed by atoms with Crippen LogP contribution in [0.1, 0.15) is 18.4 Å². The van der Waals surface area contributed by atoms with Gasteiger partial charge in [-0.15, -0.1) is 0 Å². The van der Waals surface area contributed by atoms with Crippen LogP contribution in [0.15, 0.2) is 54.3 Å². The number of aliphatic hydroxyl groups is 1. The van der Waals surface area contributed by atoms with Gasteiger partial charge in [-0.25, -0.2) is 4.79 Å². The Labute approximate surface area is 150 Å². The van der Waals surface area contributed by atoms with E-state index in [0.29, 0.717) is 6.29 Å². The van der Waals surface area contributed by atoms with E-state index < -0.39 is 17.7 Å². The van der Waals surface area contributed by atoms with Crippen molar-refractivity contribution in [2.45, 2.75) is 31.2 Å². The maximum Gasteiger partial charge on any atom is 0.340 e. The van der Waals surface area contributed by atoms with Gasteiger partial charge >= 0.3 is 5.97 Å². The fourth-order valence-corrected chi connectivity index (χ4v) is 3.19. The zero-order valence-electron chi connectivity index (χ0n) is 14.0. The van der Waals surface area contributed by atoms with Crippen molar-refractivity contribution in [3.05, 3.63) is 59.9 Å². The van der Waals surface area contributed by atoms with Crippen LogP contribution in [0.25, 0.3) is 0 Å². The fourth-order valence-electron chi connectivity index (χ4n) is 3.19. The van der Waals surface area contributed by atoms with Gasteiger partial charge in [-0.05, 0) is 5.56 Å². The molecule has 2 heterocycles. The zero-order chi connectivity index (χ0) is 18.6. The van der Waals surface area contributed by atoms with Crippen molar-refractivity contribution < 1.29 is 29.0 Å². The van der Waals surface area contributed by atoms with Gasteiger partial charge in [0, 0.05) is 12.5 Å². The van der Waals surface area contributed by atoms with Gasteiger partial charge in [-0.2, -0.15) is 0 Å². The largest absolute Gasteiger partial charge is 0.471 e. The Morgan fingerprint density at radius 3 is 2.77 bits per heavy atom. The van der Waals surface area contributed by atoms with E-state index in [0.717, 1.165) is 11.6 Å². The highest BCUT2D eigenvalue weighted by atomic mass is 16.6. The molecule has 2 saturated heterocycles. The molecule has 0 aromatic heterocycles. The fraction of sp³-hybridized carbons (Fsp3) is 0.316. The van der Waals surface area contributed by atoms with E-state index in [9.17, 15) is 14.4 Å². The van der Waals surface area contributed by atoms with E-state index in [1.54, 1.807) is 6.08 Å². The van der Waals surface area contributed by atoms with Crippen molar-refractivity contribution in [3.8, 4) is 0 Å². The van der Waals surface area contributed by atoms with E-state index in [-0.39, 0.29) is 37.7 Å². The summed E-state index contributed by atoms with van der Waals surface area (Å²) >= 11 is 0. The van der Waals surface area contributed by atoms with Crippen LogP contribution >= 0.6 is 0 Å². The highest BCUT2D eigenvalue weighted by Crippen LogP contribution is 2.46. The molecule has 26 heavy (non-hydrogen) atoms. The zero-order valence-corrected chi connectivity index (χ0v) is 14.0. The first kappa shape index (κ1) is 17.9. The van der Waals surface area contributed by atoms with Crippen molar-refractivity contribution in [3.63, 3.8) is 0 Å². The van der Waals surface area contributed by atoms with E-state index >= 15 is 0 Å². The van der Waals surface area contributed by atoms with Crippen LogP contribution in [0, 0.1) is 0 Å². The lowest BCUT2D eigenvalue weighted by Gasteiger charge is -2.40. The maximum absolute atomic E-state index is 13.0. The number of hydrogen-bond acceptors (Lipinski definition) is 6. The number of hydrogen-bond donors (Lipinski definition) is 1. The molecule has 2 aliphatic rings. The summed E-state index contributed by atoms with van der Waals surface area (Å²) < 4.78 is 11.1. The predicted octanol–water partition coefficient (Wildman–Crippen LogP) is 1.08.